The third-order valence-corrected chi connectivity index (χ3v) is 9.82. The number of likely N-dealkylation sites (tertiary alicyclic amines) is 1. The summed E-state index contributed by atoms with van der Waals surface area (Å²) >= 11 is 0. The lowest BCUT2D eigenvalue weighted by Crippen LogP contribution is -2.59. The van der Waals surface area contributed by atoms with Gasteiger partial charge < -0.3 is 29.4 Å². The third-order valence-electron chi connectivity index (χ3n) is 9.82. The van der Waals surface area contributed by atoms with Crippen LogP contribution in [0.4, 0.5) is 11.4 Å². The zero-order valence-electron chi connectivity index (χ0n) is 26.7. The molecule has 9 nitrogen and oxygen atoms in total. The van der Waals surface area contributed by atoms with Gasteiger partial charge in [-0.15, -0.1) is 13.2 Å². The number of hydrogen-bond donors (Lipinski definition) is 1. The standard InChI is InChI=1S/C36H46N4O5/c1-6-21-37(5)33(42)30-29-19-20-36(45-29)31(30)34(43)40(28(24-41)23-25-13-11-10-12-14-25)32(36)35(44)39(22-7-2)27-17-15-26(16-18-27)38(8-3)9-4/h6-7,10-18,28-32,41H,1-2,8-9,19-24H2,3-5H3/t28-,29-,30+,31+,32?,36?/m1/s1. The second-order valence-electron chi connectivity index (χ2n) is 12.3. The maximum Gasteiger partial charge on any atom is 0.253 e. The number of aliphatic hydroxyl groups is 1. The van der Waals surface area contributed by atoms with Crippen molar-refractivity contribution in [3.8, 4) is 0 Å². The van der Waals surface area contributed by atoms with Crippen molar-refractivity contribution in [2.24, 2.45) is 11.8 Å². The Morgan fingerprint density at radius 3 is 2.27 bits per heavy atom. The number of ether oxygens (including phenoxy) is 1. The van der Waals surface area contributed by atoms with E-state index in [0.29, 0.717) is 31.5 Å². The summed E-state index contributed by atoms with van der Waals surface area (Å²) in [5, 5.41) is 10.8. The van der Waals surface area contributed by atoms with Gasteiger partial charge in [0.25, 0.3) is 5.91 Å². The monoisotopic (exact) mass is 614 g/mol. The molecule has 0 radical (unpaired) electrons. The minimum absolute atomic E-state index is 0.188. The molecule has 3 heterocycles. The minimum atomic E-state index is -1.18. The third kappa shape index (κ3) is 5.68. The van der Waals surface area contributed by atoms with Gasteiger partial charge in [-0.1, -0.05) is 42.5 Å². The van der Waals surface area contributed by atoms with Gasteiger partial charge in [-0.2, -0.15) is 0 Å². The molecule has 5 rings (SSSR count). The maximum absolute atomic E-state index is 14.9. The topological polar surface area (TPSA) is 93.6 Å². The molecule has 3 aliphatic rings. The molecule has 6 atom stereocenters. The molecule has 9 heteroatoms. The lowest BCUT2D eigenvalue weighted by Gasteiger charge is -2.39. The number of carbonyl (C=O) groups excluding carboxylic acids is 3. The molecule has 2 aromatic carbocycles. The molecule has 240 valence electrons. The van der Waals surface area contributed by atoms with Crippen LogP contribution in [0.5, 0.6) is 0 Å². The molecule has 0 aromatic heterocycles. The largest absolute Gasteiger partial charge is 0.394 e. The van der Waals surface area contributed by atoms with Crippen molar-refractivity contribution in [2.75, 3.05) is 49.6 Å². The van der Waals surface area contributed by atoms with Crippen molar-refractivity contribution in [3.05, 3.63) is 85.5 Å². The number of hydrogen-bond acceptors (Lipinski definition) is 6. The molecule has 1 N–H and O–H groups in total. The van der Waals surface area contributed by atoms with E-state index < -0.39 is 35.6 Å². The number of benzene rings is 2. The molecule has 0 aliphatic carbocycles. The molecular weight excluding hydrogens is 568 g/mol. The van der Waals surface area contributed by atoms with Gasteiger partial charge in [0, 0.05) is 44.6 Å². The first kappa shape index (κ1) is 32.4. The van der Waals surface area contributed by atoms with E-state index in [1.165, 1.54) is 0 Å². The average Bonchev–Trinajstić information content (AvgIpc) is 3.71. The molecule has 2 unspecified atom stereocenters. The molecular formula is C36H46N4O5. The van der Waals surface area contributed by atoms with E-state index in [4.69, 9.17) is 4.74 Å². The normalized spacial score (nSPS) is 25.5. The molecule has 2 bridgehead atoms. The van der Waals surface area contributed by atoms with Crippen LogP contribution in [-0.2, 0) is 25.5 Å². The van der Waals surface area contributed by atoms with Crippen molar-refractivity contribution in [3.63, 3.8) is 0 Å². The Morgan fingerprint density at radius 1 is 1.02 bits per heavy atom. The number of amides is 3. The van der Waals surface area contributed by atoms with Crippen LogP contribution < -0.4 is 9.80 Å². The van der Waals surface area contributed by atoms with Crippen LogP contribution in [-0.4, -0.2) is 96.3 Å². The van der Waals surface area contributed by atoms with Gasteiger partial charge in [-0.05, 0) is 62.9 Å². The number of likely N-dealkylation sites (N-methyl/N-ethyl adjacent to an activating group) is 1. The summed E-state index contributed by atoms with van der Waals surface area (Å²) in [5.41, 5.74) is 1.48. The predicted octanol–water partition coefficient (Wildman–Crippen LogP) is 3.67. The van der Waals surface area contributed by atoms with Gasteiger partial charge in [0.15, 0.2) is 0 Å². The lowest BCUT2D eigenvalue weighted by molar-refractivity contribution is -0.146. The first-order valence-corrected chi connectivity index (χ1v) is 16.0. The fourth-order valence-electron chi connectivity index (χ4n) is 7.75. The molecule has 1 spiro atoms. The van der Waals surface area contributed by atoms with Gasteiger partial charge in [0.05, 0.1) is 30.6 Å². The van der Waals surface area contributed by atoms with Crippen molar-refractivity contribution < 1.29 is 24.2 Å². The summed E-state index contributed by atoms with van der Waals surface area (Å²) in [6, 6.07) is 15.7. The fraction of sp³-hybridized carbons (Fsp3) is 0.472. The van der Waals surface area contributed by atoms with Crippen molar-refractivity contribution >= 4 is 29.1 Å². The van der Waals surface area contributed by atoms with Crippen LogP contribution in [0.2, 0.25) is 0 Å². The number of aliphatic hydroxyl groups excluding tert-OH is 1. The quantitative estimate of drug-likeness (QED) is 0.327. The molecule has 3 fully saturated rings. The molecule has 0 saturated carbocycles. The summed E-state index contributed by atoms with van der Waals surface area (Å²) in [4.78, 5) is 50.3. The molecule has 3 amide bonds. The minimum Gasteiger partial charge on any atom is -0.394 e. The highest BCUT2D eigenvalue weighted by Gasteiger charge is 2.75. The fourth-order valence-corrected chi connectivity index (χ4v) is 7.75. The van der Waals surface area contributed by atoms with E-state index in [1.54, 1.807) is 33.9 Å². The summed E-state index contributed by atoms with van der Waals surface area (Å²) in [6.07, 6.45) is 4.26. The first-order chi connectivity index (χ1) is 21.8. The summed E-state index contributed by atoms with van der Waals surface area (Å²) in [6.45, 7) is 13.8. The number of carbonyl (C=O) groups is 3. The Kier molecular flexibility index (Phi) is 9.79. The Labute approximate surface area is 266 Å². The Hall–Kier alpha value is -3.95. The lowest BCUT2D eigenvalue weighted by atomic mass is 9.70. The predicted molar refractivity (Wildman–Crippen MR) is 176 cm³/mol. The average molecular weight is 615 g/mol. The van der Waals surface area contributed by atoms with E-state index >= 15 is 0 Å². The Morgan fingerprint density at radius 2 is 1.67 bits per heavy atom. The van der Waals surface area contributed by atoms with Gasteiger partial charge in [0.2, 0.25) is 11.8 Å². The van der Waals surface area contributed by atoms with Gasteiger partial charge in [-0.3, -0.25) is 14.4 Å². The molecule has 45 heavy (non-hydrogen) atoms. The number of fused-ring (bicyclic) bond motifs is 1. The van der Waals surface area contributed by atoms with Crippen molar-refractivity contribution in [1.29, 1.82) is 0 Å². The van der Waals surface area contributed by atoms with Crippen LogP contribution in [0.3, 0.4) is 0 Å². The van der Waals surface area contributed by atoms with Gasteiger partial charge >= 0.3 is 0 Å². The maximum atomic E-state index is 14.9. The SMILES string of the molecule is C=CCN(C)C(=O)[C@@H]1[C@H]2C(=O)N([C@@H](CO)Cc3ccccc3)C(C(=O)N(CC=C)c3ccc(N(CC)CC)cc3)C23CC[C@H]1O3. The highest BCUT2D eigenvalue weighted by molar-refractivity contribution is 6.05. The molecule has 2 aromatic rings. The summed E-state index contributed by atoms with van der Waals surface area (Å²) in [5.74, 6) is -2.35. The van der Waals surface area contributed by atoms with Gasteiger partial charge in [0.1, 0.15) is 11.6 Å². The van der Waals surface area contributed by atoms with E-state index in [2.05, 4.69) is 31.9 Å². The van der Waals surface area contributed by atoms with Crippen molar-refractivity contribution in [1.82, 2.24) is 9.80 Å². The van der Waals surface area contributed by atoms with E-state index in [1.807, 2.05) is 54.6 Å². The number of rotatable bonds is 14. The molecule has 3 saturated heterocycles. The number of nitrogens with zero attached hydrogens (tertiary/aromatic N) is 4. The zero-order chi connectivity index (χ0) is 32.3. The second-order valence-corrected chi connectivity index (χ2v) is 12.3. The zero-order valence-corrected chi connectivity index (χ0v) is 26.7. The first-order valence-electron chi connectivity index (χ1n) is 16.0. The highest BCUT2D eigenvalue weighted by Crippen LogP contribution is 2.59. The number of anilines is 2. The highest BCUT2D eigenvalue weighted by atomic mass is 16.5. The smallest absolute Gasteiger partial charge is 0.253 e. The molecule has 3 aliphatic heterocycles. The van der Waals surface area contributed by atoms with E-state index in [-0.39, 0.29) is 30.9 Å². The van der Waals surface area contributed by atoms with Crippen LogP contribution >= 0.6 is 0 Å². The van der Waals surface area contributed by atoms with Gasteiger partial charge in [-0.25, -0.2) is 0 Å². The Balaban J connectivity index is 1.58. The summed E-state index contributed by atoms with van der Waals surface area (Å²) < 4.78 is 6.67. The Bertz CT molecular complexity index is 1390. The summed E-state index contributed by atoms with van der Waals surface area (Å²) in [7, 11) is 1.70. The van der Waals surface area contributed by atoms with Crippen LogP contribution in [0.1, 0.15) is 32.3 Å². The van der Waals surface area contributed by atoms with E-state index in [0.717, 1.165) is 24.3 Å². The van der Waals surface area contributed by atoms with Crippen molar-refractivity contribution in [2.45, 2.75) is 56.9 Å². The van der Waals surface area contributed by atoms with Crippen LogP contribution in [0, 0.1) is 11.8 Å². The van der Waals surface area contributed by atoms with Crippen LogP contribution in [0.25, 0.3) is 0 Å². The van der Waals surface area contributed by atoms with E-state index in [9.17, 15) is 19.5 Å². The van der Waals surface area contributed by atoms with Crippen LogP contribution in [0.15, 0.2) is 79.9 Å². The second kappa shape index (κ2) is 13.6.